The molecule has 1 aliphatic carbocycles. The van der Waals surface area contributed by atoms with E-state index in [-0.39, 0.29) is 24.2 Å². The minimum Gasteiger partial charge on any atom is -0.379 e. The Morgan fingerprint density at radius 2 is 1.87 bits per heavy atom. The van der Waals surface area contributed by atoms with E-state index in [2.05, 4.69) is 15.4 Å². The summed E-state index contributed by atoms with van der Waals surface area (Å²) in [7, 11) is -3.78. The molecule has 3 heterocycles. The van der Waals surface area contributed by atoms with E-state index in [9.17, 15) is 17.2 Å². The summed E-state index contributed by atoms with van der Waals surface area (Å²) in [6, 6.07) is 5.15. The molecule has 0 radical (unpaired) electrons. The van der Waals surface area contributed by atoms with Crippen molar-refractivity contribution in [2.24, 2.45) is 0 Å². The van der Waals surface area contributed by atoms with Gasteiger partial charge in [-0.05, 0) is 31.0 Å². The molecule has 3 aromatic rings. The molecule has 1 aliphatic heterocycles. The van der Waals surface area contributed by atoms with Crippen molar-refractivity contribution in [1.29, 1.82) is 0 Å². The number of halogens is 2. The third kappa shape index (κ3) is 3.42. The molecule has 0 atom stereocenters. The first-order valence-corrected chi connectivity index (χ1v) is 11.1. The van der Waals surface area contributed by atoms with Crippen molar-refractivity contribution in [1.82, 2.24) is 19.1 Å². The van der Waals surface area contributed by atoms with Crippen molar-refractivity contribution in [3.8, 4) is 0 Å². The van der Waals surface area contributed by atoms with Gasteiger partial charge in [0, 0.05) is 30.2 Å². The molecule has 1 aromatic carbocycles. The van der Waals surface area contributed by atoms with Crippen LogP contribution in [0.5, 0.6) is 0 Å². The zero-order chi connectivity index (χ0) is 20.9. The molecule has 5 rings (SSSR count). The topological polar surface area (TPSA) is 89.3 Å². The molecule has 11 heteroatoms. The van der Waals surface area contributed by atoms with Crippen LogP contribution in [0.15, 0.2) is 35.5 Å². The largest absolute Gasteiger partial charge is 0.379 e. The molecule has 0 amide bonds. The van der Waals surface area contributed by atoms with Gasteiger partial charge in [-0.1, -0.05) is 0 Å². The minimum absolute atomic E-state index is 0.0828. The Morgan fingerprint density at radius 3 is 2.57 bits per heavy atom. The Morgan fingerprint density at radius 1 is 1.10 bits per heavy atom. The van der Waals surface area contributed by atoms with E-state index in [1.54, 1.807) is 4.68 Å². The number of aromatic nitrogens is 3. The van der Waals surface area contributed by atoms with Crippen molar-refractivity contribution < 1.29 is 21.9 Å². The van der Waals surface area contributed by atoms with Crippen LogP contribution in [-0.4, -0.2) is 53.8 Å². The maximum atomic E-state index is 13.6. The van der Waals surface area contributed by atoms with Gasteiger partial charge in [0.15, 0.2) is 22.5 Å². The number of nitrogens with one attached hydrogen (secondary N) is 1. The van der Waals surface area contributed by atoms with Crippen molar-refractivity contribution >= 4 is 32.4 Å². The number of hydrogen-bond acceptors (Lipinski definition) is 6. The third-order valence-electron chi connectivity index (χ3n) is 5.22. The van der Waals surface area contributed by atoms with Gasteiger partial charge in [-0.3, -0.25) is 4.68 Å². The normalized spacial score (nSPS) is 18.1. The average Bonchev–Trinajstić information content (AvgIpc) is 3.54. The number of morpholine rings is 1. The van der Waals surface area contributed by atoms with Gasteiger partial charge >= 0.3 is 0 Å². The monoisotopic (exact) mass is 435 g/mol. The predicted octanol–water partition coefficient (Wildman–Crippen LogP) is 2.81. The molecule has 0 bridgehead atoms. The quantitative estimate of drug-likeness (QED) is 0.663. The van der Waals surface area contributed by atoms with Gasteiger partial charge in [0.05, 0.1) is 31.0 Å². The lowest BCUT2D eigenvalue weighted by Gasteiger charge is -2.25. The summed E-state index contributed by atoms with van der Waals surface area (Å²) in [6.45, 7) is 1.21. The summed E-state index contributed by atoms with van der Waals surface area (Å²) in [5, 5.41) is 8.00. The lowest BCUT2D eigenvalue weighted by molar-refractivity contribution is 0.0729. The summed E-state index contributed by atoms with van der Waals surface area (Å²) < 4.78 is 61.3. The van der Waals surface area contributed by atoms with Crippen LogP contribution >= 0.6 is 0 Å². The van der Waals surface area contributed by atoms with Crippen molar-refractivity contribution in [3.63, 3.8) is 0 Å². The maximum Gasteiger partial charge on any atom is 0.260 e. The van der Waals surface area contributed by atoms with E-state index < -0.39 is 21.7 Å². The number of sulfonamides is 1. The van der Waals surface area contributed by atoms with Crippen LogP contribution in [0, 0.1) is 11.6 Å². The number of hydrogen-bond donors (Lipinski definition) is 1. The summed E-state index contributed by atoms with van der Waals surface area (Å²) in [5.74, 6) is -1.57. The zero-order valence-electron chi connectivity index (χ0n) is 15.9. The highest BCUT2D eigenvalue weighted by atomic mass is 32.2. The zero-order valence-corrected chi connectivity index (χ0v) is 16.7. The van der Waals surface area contributed by atoms with Gasteiger partial charge in [0.2, 0.25) is 0 Å². The standard InChI is InChI=1S/C19H19F2N5O3S/c20-15-4-1-12(9-16(15)21)23-19-14-10-18(30(27,28)25-5-7-29-8-6-25)22-11-17(14)26(24-19)13-2-3-13/h1,4,9-11,13H,2-3,5-8H2,(H,23,24). The first-order valence-electron chi connectivity index (χ1n) is 9.62. The van der Waals surface area contributed by atoms with Gasteiger partial charge in [0.1, 0.15) is 0 Å². The van der Waals surface area contributed by atoms with E-state index in [0.29, 0.717) is 35.6 Å². The first kappa shape index (κ1) is 19.3. The van der Waals surface area contributed by atoms with E-state index >= 15 is 0 Å². The van der Waals surface area contributed by atoms with Crippen molar-refractivity contribution in [2.75, 3.05) is 31.6 Å². The molecule has 2 aliphatic rings. The summed E-state index contributed by atoms with van der Waals surface area (Å²) in [6.07, 6.45) is 3.44. The van der Waals surface area contributed by atoms with Gasteiger partial charge in [-0.2, -0.15) is 9.40 Å². The van der Waals surface area contributed by atoms with Crippen LogP contribution in [0.1, 0.15) is 18.9 Å². The molecular formula is C19H19F2N5O3S. The van der Waals surface area contributed by atoms with Crippen molar-refractivity contribution in [3.05, 3.63) is 42.1 Å². The SMILES string of the molecule is O=S(=O)(c1cc2c(Nc3ccc(F)c(F)c3)nn(C3CC3)c2cn1)N1CCOCC1. The Kier molecular flexibility index (Phi) is 4.68. The third-order valence-corrected chi connectivity index (χ3v) is 7.01. The molecule has 1 saturated heterocycles. The molecule has 8 nitrogen and oxygen atoms in total. The maximum absolute atomic E-state index is 13.6. The van der Waals surface area contributed by atoms with Gasteiger partial charge in [0.25, 0.3) is 10.0 Å². The molecule has 30 heavy (non-hydrogen) atoms. The van der Waals surface area contributed by atoms with Gasteiger partial charge < -0.3 is 10.1 Å². The Balaban J connectivity index is 1.57. The minimum atomic E-state index is -3.78. The number of fused-ring (bicyclic) bond motifs is 1. The van der Waals surface area contributed by atoms with Crippen LogP contribution in [0.2, 0.25) is 0 Å². The van der Waals surface area contributed by atoms with E-state index in [1.807, 2.05) is 0 Å². The fourth-order valence-corrected chi connectivity index (χ4v) is 4.82. The smallest absolute Gasteiger partial charge is 0.260 e. The molecule has 1 N–H and O–H groups in total. The number of rotatable bonds is 5. The van der Waals surface area contributed by atoms with Crippen LogP contribution in [-0.2, 0) is 14.8 Å². The Hall–Kier alpha value is -2.63. The lowest BCUT2D eigenvalue weighted by atomic mass is 10.2. The first-order chi connectivity index (χ1) is 14.4. The van der Waals surface area contributed by atoms with E-state index in [1.165, 1.54) is 22.6 Å². The fourth-order valence-electron chi connectivity index (χ4n) is 3.48. The molecule has 158 valence electrons. The van der Waals surface area contributed by atoms with Crippen LogP contribution in [0.4, 0.5) is 20.3 Å². The number of anilines is 2. The van der Waals surface area contributed by atoms with Gasteiger partial charge in [-0.15, -0.1) is 0 Å². The second kappa shape index (κ2) is 7.25. The van der Waals surface area contributed by atoms with Crippen LogP contribution < -0.4 is 5.32 Å². The Bertz CT molecular complexity index is 1220. The summed E-state index contributed by atoms with van der Waals surface area (Å²) in [5.41, 5.74) is 0.995. The summed E-state index contributed by atoms with van der Waals surface area (Å²) >= 11 is 0. The second-order valence-corrected chi connectivity index (χ2v) is 9.22. The molecule has 2 aromatic heterocycles. The van der Waals surface area contributed by atoms with Crippen LogP contribution in [0.25, 0.3) is 10.9 Å². The van der Waals surface area contributed by atoms with Crippen LogP contribution in [0.3, 0.4) is 0 Å². The molecule has 0 unspecified atom stereocenters. The summed E-state index contributed by atoms with van der Waals surface area (Å²) in [4.78, 5) is 4.20. The second-order valence-electron chi connectivity index (χ2n) is 7.33. The Labute approximate surface area is 171 Å². The molecule has 2 fully saturated rings. The number of pyridine rings is 1. The average molecular weight is 435 g/mol. The molecule has 1 saturated carbocycles. The highest BCUT2D eigenvalue weighted by Crippen LogP contribution is 2.39. The number of nitrogens with zero attached hydrogens (tertiary/aromatic N) is 4. The molecular weight excluding hydrogens is 416 g/mol. The molecule has 0 spiro atoms. The van der Waals surface area contributed by atoms with Crippen molar-refractivity contribution in [2.45, 2.75) is 23.9 Å². The number of ether oxygens (including phenoxy) is 1. The highest BCUT2D eigenvalue weighted by Gasteiger charge is 2.31. The van der Waals surface area contributed by atoms with E-state index in [0.717, 1.165) is 25.0 Å². The highest BCUT2D eigenvalue weighted by molar-refractivity contribution is 7.89. The fraction of sp³-hybridized carbons (Fsp3) is 0.368. The lowest BCUT2D eigenvalue weighted by Crippen LogP contribution is -2.40. The number of benzene rings is 1. The van der Waals surface area contributed by atoms with E-state index in [4.69, 9.17) is 4.74 Å². The van der Waals surface area contributed by atoms with Gasteiger partial charge in [-0.25, -0.2) is 22.2 Å². The predicted molar refractivity (Wildman–Crippen MR) is 105 cm³/mol.